The standard InChI is InChI=1S/C14H21NO5S/c1-3-13(20-21(2,17)18)9-10-15-14(16)19-11-12-7-5-4-6-8-12/h4-8,13H,3,9-11H2,1-2H3,(H,15,16). The van der Waals surface area contributed by atoms with Crippen molar-refractivity contribution in [1.29, 1.82) is 0 Å². The van der Waals surface area contributed by atoms with Crippen molar-refractivity contribution in [2.24, 2.45) is 0 Å². The molecule has 1 aromatic carbocycles. The van der Waals surface area contributed by atoms with Gasteiger partial charge in [0.05, 0.1) is 12.4 Å². The second kappa shape index (κ2) is 8.63. The highest BCUT2D eigenvalue weighted by molar-refractivity contribution is 7.86. The van der Waals surface area contributed by atoms with Gasteiger partial charge in [-0.1, -0.05) is 37.3 Å². The number of amides is 1. The van der Waals surface area contributed by atoms with Gasteiger partial charge in [-0.2, -0.15) is 8.42 Å². The first-order valence-electron chi connectivity index (χ1n) is 6.73. The molecule has 1 atom stereocenters. The van der Waals surface area contributed by atoms with E-state index < -0.39 is 22.3 Å². The van der Waals surface area contributed by atoms with Gasteiger partial charge in [-0.3, -0.25) is 4.18 Å². The van der Waals surface area contributed by atoms with Gasteiger partial charge in [-0.05, 0) is 18.4 Å². The molecule has 0 aliphatic carbocycles. The Kier molecular flexibility index (Phi) is 7.18. The zero-order chi connectivity index (χ0) is 15.7. The molecule has 0 aliphatic rings. The van der Waals surface area contributed by atoms with Gasteiger partial charge in [-0.15, -0.1) is 0 Å². The van der Waals surface area contributed by atoms with Crippen LogP contribution in [0, 0.1) is 0 Å². The molecule has 0 aliphatic heterocycles. The predicted molar refractivity (Wildman–Crippen MR) is 79.3 cm³/mol. The smallest absolute Gasteiger partial charge is 0.407 e. The molecule has 1 N–H and O–H groups in total. The molecule has 0 spiro atoms. The number of ether oxygens (including phenoxy) is 1. The van der Waals surface area contributed by atoms with Crippen LogP contribution in [0.25, 0.3) is 0 Å². The van der Waals surface area contributed by atoms with Gasteiger partial charge in [0.2, 0.25) is 0 Å². The molecule has 1 amide bonds. The first kappa shape index (κ1) is 17.5. The van der Waals surface area contributed by atoms with Crippen molar-refractivity contribution in [3.05, 3.63) is 35.9 Å². The fraction of sp³-hybridized carbons (Fsp3) is 0.500. The quantitative estimate of drug-likeness (QED) is 0.743. The van der Waals surface area contributed by atoms with E-state index in [1.807, 2.05) is 37.3 Å². The van der Waals surface area contributed by atoms with Crippen LogP contribution in [0.5, 0.6) is 0 Å². The van der Waals surface area contributed by atoms with Gasteiger partial charge in [-0.25, -0.2) is 4.79 Å². The molecule has 118 valence electrons. The molecule has 21 heavy (non-hydrogen) atoms. The molecule has 0 heterocycles. The van der Waals surface area contributed by atoms with Gasteiger partial charge in [0, 0.05) is 6.54 Å². The average Bonchev–Trinajstić information content (AvgIpc) is 2.44. The van der Waals surface area contributed by atoms with Gasteiger partial charge in [0.15, 0.2) is 0 Å². The summed E-state index contributed by atoms with van der Waals surface area (Å²) in [5.74, 6) is 0. The van der Waals surface area contributed by atoms with Crippen molar-refractivity contribution in [3.63, 3.8) is 0 Å². The Morgan fingerprint density at radius 3 is 2.52 bits per heavy atom. The maximum absolute atomic E-state index is 11.5. The molecule has 1 aromatic rings. The Morgan fingerprint density at radius 2 is 1.95 bits per heavy atom. The summed E-state index contributed by atoms with van der Waals surface area (Å²) in [5, 5.41) is 2.57. The molecule has 7 heteroatoms. The first-order chi connectivity index (χ1) is 9.90. The highest BCUT2D eigenvalue weighted by atomic mass is 32.2. The minimum Gasteiger partial charge on any atom is -0.445 e. The van der Waals surface area contributed by atoms with Crippen LogP contribution in [-0.4, -0.2) is 33.4 Å². The Bertz CT molecular complexity index is 530. The second-order valence-corrected chi connectivity index (χ2v) is 6.21. The summed E-state index contributed by atoms with van der Waals surface area (Å²) in [4.78, 5) is 11.5. The van der Waals surface area contributed by atoms with Gasteiger partial charge < -0.3 is 10.1 Å². The lowest BCUT2D eigenvalue weighted by Crippen LogP contribution is -2.29. The molecule has 1 unspecified atom stereocenters. The largest absolute Gasteiger partial charge is 0.445 e. The summed E-state index contributed by atoms with van der Waals surface area (Å²) in [6.07, 6.45) is 0.997. The fourth-order valence-electron chi connectivity index (χ4n) is 1.68. The van der Waals surface area contributed by atoms with Crippen molar-refractivity contribution >= 4 is 16.2 Å². The SMILES string of the molecule is CCC(CCNC(=O)OCc1ccccc1)OS(C)(=O)=O. The van der Waals surface area contributed by atoms with Crippen LogP contribution in [0.4, 0.5) is 4.79 Å². The molecular formula is C14H21NO5S. The number of benzene rings is 1. The number of hydrogen-bond acceptors (Lipinski definition) is 5. The molecule has 0 saturated carbocycles. The topological polar surface area (TPSA) is 81.7 Å². The lowest BCUT2D eigenvalue weighted by atomic mass is 10.2. The summed E-state index contributed by atoms with van der Waals surface area (Å²) in [5.41, 5.74) is 0.902. The van der Waals surface area contributed by atoms with E-state index in [9.17, 15) is 13.2 Å². The van der Waals surface area contributed by atoms with Gasteiger partial charge in [0.1, 0.15) is 6.61 Å². The van der Waals surface area contributed by atoms with Gasteiger partial charge >= 0.3 is 6.09 Å². The van der Waals surface area contributed by atoms with Crippen LogP contribution < -0.4 is 5.32 Å². The Morgan fingerprint density at radius 1 is 1.29 bits per heavy atom. The molecule has 6 nitrogen and oxygen atoms in total. The molecule has 0 aromatic heterocycles. The van der Waals surface area contributed by atoms with Crippen molar-refractivity contribution in [3.8, 4) is 0 Å². The van der Waals surface area contributed by atoms with Crippen molar-refractivity contribution in [2.75, 3.05) is 12.8 Å². The number of alkyl carbamates (subject to hydrolysis) is 1. The monoisotopic (exact) mass is 315 g/mol. The van der Waals surface area contributed by atoms with Crippen LogP contribution in [0.1, 0.15) is 25.3 Å². The Balaban J connectivity index is 2.23. The fourth-order valence-corrected chi connectivity index (χ4v) is 2.40. The number of nitrogens with one attached hydrogen (secondary N) is 1. The van der Waals surface area contributed by atoms with Crippen LogP contribution in [-0.2, 0) is 25.6 Å². The molecule has 0 radical (unpaired) electrons. The number of carbonyl (C=O) groups excluding carboxylic acids is 1. The van der Waals surface area contributed by atoms with E-state index in [2.05, 4.69) is 5.32 Å². The van der Waals surface area contributed by atoms with E-state index in [0.717, 1.165) is 11.8 Å². The zero-order valence-corrected chi connectivity index (χ0v) is 13.1. The molecule has 1 rings (SSSR count). The third-order valence-electron chi connectivity index (χ3n) is 2.71. The van der Waals surface area contributed by atoms with Crippen LogP contribution in [0.3, 0.4) is 0 Å². The lowest BCUT2D eigenvalue weighted by molar-refractivity contribution is 0.136. The minimum absolute atomic E-state index is 0.198. The van der Waals surface area contributed by atoms with Crippen molar-refractivity contribution < 1.29 is 22.1 Å². The summed E-state index contributed by atoms with van der Waals surface area (Å²) >= 11 is 0. The summed E-state index contributed by atoms with van der Waals surface area (Å²) in [7, 11) is -3.48. The lowest BCUT2D eigenvalue weighted by Gasteiger charge is -2.14. The summed E-state index contributed by atoms with van der Waals surface area (Å²) in [6, 6.07) is 9.34. The molecule has 0 fully saturated rings. The van der Waals surface area contributed by atoms with Crippen LogP contribution in [0.15, 0.2) is 30.3 Å². The minimum atomic E-state index is -3.48. The van der Waals surface area contributed by atoms with Gasteiger partial charge in [0.25, 0.3) is 10.1 Å². The summed E-state index contributed by atoms with van der Waals surface area (Å²) in [6.45, 7) is 2.31. The normalized spacial score (nSPS) is 12.7. The van der Waals surface area contributed by atoms with Crippen LogP contribution >= 0.6 is 0 Å². The Hall–Kier alpha value is -1.60. The third kappa shape index (κ3) is 8.31. The second-order valence-electron chi connectivity index (χ2n) is 4.61. The zero-order valence-electron chi connectivity index (χ0n) is 12.2. The molecular weight excluding hydrogens is 294 g/mol. The van der Waals surface area contributed by atoms with Crippen LogP contribution in [0.2, 0.25) is 0 Å². The average molecular weight is 315 g/mol. The predicted octanol–water partition coefficient (Wildman–Crippen LogP) is 2.06. The molecule has 0 saturated heterocycles. The van der Waals surface area contributed by atoms with E-state index in [4.69, 9.17) is 8.92 Å². The number of carbonyl (C=O) groups is 1. The number of hydrogen-bond donors (Lipinski definition) is 1. The highest BCUT2D eigenvalue weighted by Gasteiger charge is 2.14. The first-order valence-corrected chi connectivity index (χ1v) is 8.55. The van der Waals surface area contributed by atoms with E-state index in [-0.39, 0.29) is 6.61 Å². The van der Waals surface area contributed by atoms with Crippen molar-refractivity contribution in [1.82, 2.24) is 5.32 Å². The summed E-state index contributed by atoms with van der Waals surface area (Å²) < 4.78 is 32.0. The molecule has 0 bridgehead atoms. The maximum Gasteiger partial charge on any atom is 0.407 e. The highest BCUT2D eigenvalue weighted by Crippen LogP contribution is 2.06. The third-order valence-corrected chi connectivity index (χ3v) is 3.34. The Labute approximate surface area is 125 Å². The van der Waals surface area contributed by atoms with E-state index >= 15 is 0 Å². The van der Waals surface area contributed by atoms with Crippen molar-refractivity contribution in [2.45, 2.75) is 32.5 Å². The van der Waals surface area contributed by atoms with E-state index in [0.29, 0.717) is 19.4 Å². The number of rotatable bonds is 8. The maximum atomic E-state index is 11.5. The van der Waals surface area contributed by atoms with E-state index in [1.165, 1.54) is 0 Å². The van der Waals surface area contributed by atoms with E-state index in [1.54, 1.807) is 0 Å².